The molecule has 0 unspecified atom stereocenters. The van der Waals surface area contributed by atoms with Gasteiger partial charge in [0.2, 0.25) is 10.0 Å². The first-order valence-electron chi connectivity index (χ1n) is 7.00. The number of rotatable bonds is 3. The zero-order valence-electron chi connectivity index (χ0n) is 13.0. The molecule has 2 amide bonds. The second-order valence-electron chi connectivity index (χ2n) is 5.20. The standard InChI is InChI=1S/C14H19N3O5S/c1-22-14(19)17-9-7-16(8-10-17)13(18)11-3-5-12(6-4-11)15-23(2,20)21/h3-6,15H,7-10H2,1-2H3. The van der Waals surface area contributed by atoms with Crippen LogP contribution in [0.3, 0.4) is 0 Å². The van der Waals surface area contributed by atoms with Crippen LogP contribution in [0.1, 0.15) is 10.4 Å². The highest BCUT2D eigenvalue weighted by Gasteiger charge is 2.25. The van der Waals surface area contributed by atoms with Crippen molar-refractivity contribution >= 4 is 27.7 Å². The molecule has 0 aromatic heterocycles. The number of sulfonamides is 1. The Morgan fingerprint density at radius 3 is 2.04 bits per heavy atom. The van der Waals surface area contributed by atoms with Crippen LogP contribution >= 0.6 is 0 Å². The molecule has 23 heavy (non-hydrogen) atoms. The SMILES string of the molecule is COC(=O)N1CCN(C(=O)c2ccc(NS(C)(=O)=O)cc2)CC1. The highest BCUT2D eigenvalue weighted by atomic mass is 32.2. The van der Waals surface area contributed by atoms with Gasteiger partial charge in [0.15, 0.2) is 0 Å². The lowest BCUT2D eigenvalue weighted by Crippen LogP contribution is -2.50. The van der Waals surface area contributed by atoms with Gasteiger partial charge >= 0.3 is 6.09 Å². The third-order valence-electron chi connectivity index (χ3n) is 3.43. The molecule has 0 bridgehead atoms. The molecule has 9 heteroatoms. The van der Waals surface area contributed by atoms with Crippen LogP contribution in [0.4, 0.5) is 10.5 Å². The quantitative estimate of drug-likeness (QED) is 0.868. The highest BCUT2D eigenvalue weighted by molar-refractivity contribution is 7.92. The fraction of sp³-hybridized carbons (Fsp3) is 0.429. The number of nitrogens with one attached hydrogen (secondary N) is 1. The van der Waals surface area contributed by atoms with Crippen molar-refractivity contribution in [3.8, 4) is 0 Å². The van der Waals surface area contributed by atoms with Gasteiger partial charge in [0.05, 0.1) is 13.4 Å². The van der Waals surface area contributed by atoms with Crippen LogP contribution in [0.2, 0.25) is 0 Å². The summed E-state index contributed by atoms with van der Waals surface area (Å²) in [4.78, 5) is 27.0. The van der Waals surface area contributed by atoms with E-state index in [2.05, 4.69) is 9.46 Å². The average Bonchev–Trinajstić information content (AvgIpc) is 2.53. The van der Waals surface area contributed by atoms with Crippen molar-refractivity contribution in [1.29, 1.82) is 0 Å². The molecule has 0 aliphatic carbocycles. The van der Waals surface area contributed by atoms with Gasteiger partial charge in [-0.15, -0.1) is 0 Å². The predicted octanol–water partition coefficient (Wildman–Crippen LogP) is 0.582. The van der Waals surface area contributed by atoms with E-state index in [0.717, 1.165) is 6.26 Å². The Bertz CT molecular complexity index is 679. The predicted molar refractivity (Wildman–Crippen MR) is 84.8 cm³/mol. The van der Waals surface area contributed by atoms with Crippen LogP contribution in [0.5, 0.6) is 0 Å². The van der Waals surface area contributed by atoms with Crippen molar-refractivity contribution < 1.29 is 22.7 Å². The van der Waals surface area contributed by atoms with E-state index in [-0.39, 0.29) is 5.91 Å². The summed E-state index contributed by atoms with van der Waals surface area (Å²) >= 11 is 0. The highest BCUT2D eigenvalue weighted by Crippen LogP contribution is 2.14. The molecule has 1 heterocycles. The molecule has 0 saturated carbocycles. The normalized spacial score (nSPS) is 15.2. The number of benzene rings is 1. The van der Waals surface area contributed by atoms with Gasteiger partial charge in [-0.2, -0.15) is 0 Å². The van der Waals surface area contributed by atoms with Gasteiger partial charge in [-0.25, -0.2) is 13.2 Å². The summed E-state index contributed by atoms with van der Waals surface area (Å²) in [5, 5.41) is 0. The minimum Gasteiger partial charge on any atom is -0.453 e. The number of methoxy groups -OCH3 is 1. The van der Waals surface area contributed by atoms with Gasteiger partial charge in [0.1, 0.15) is 0 Å². The second-order valence-corrected chi connectivity index (χ2v) is 6.95. The van der Waals surface area contributed by atoms with Crippen LogP contribution in [0.15, 0.2) is 24.3 Å². The molecule has 1 saturated heterocycles. The lowest BCUT2D eigenvalue weighted by atomic mass is 10.1. The number of amides is 2. The molecule has 126 valence electrons. The van der Waals surface area contributed by atoms with Crippen molar-refractivity contribution in [3.05, 3.63) is 29.8 Å². The molecule has 2 rings (SSSR count). The van der Waals surface area contributed by atoms with E-state index in [1.54, 1.807) is 34.1 Å². The van der Waals surface area contributed by atoms with Crippen LogP contribution < -0.4 is 4.72 Å². The number of piperazine rings is 1. The number of carbonyl (C=O) groups excluding carboxylic acids is 2. The maximum atomic E-state index is 12.4. The molecule has 1 aliphatic heterocycles. The molecule has 8 nitrogen and oxygen atoms in total. The lowest BCUT2D eigenvalue weighted by molar-refractivity contribution is 0.0599. The van der Waals surface area contributed by atoms with Gasteiger partial charge in [0, 0.05) is 37.4 Å². The van der Waals surface area contributed by atoms with Crippen molar-refractivity contribution in [2.75, 3.05) is 44.3 Å². The summed E-state index contributed by atoms with van der Waals surface area (Å²) in [5.74, 6) is -0.152. The first-order chi connectivity index (χ1) is 10.8. The van der Waals surface area contributed by atoms with Crippen molar-refractivity contribution in [3.63, 3.8) is 0 Å². The Kier molecular flexibility index (Phi) is 5.09. The Hall–Kier alpha value is -2.29. The zero-order chi connectivity index (χ0) is 17.0. The van der Waals surface area contributed by atoms with E-state index in [9.17, 15) is 18.0 Å². The minimum atomic E-state index is -3.34. The maximum absolute atomic E-state index is 12.4. The summed E-state index contributed by atoms with van der Waals surface area (Å²) in [6, 6.07) is 6.23. The Morgan fingerprint density at radius 1 is 1.04 bits per heavy atom. The summed E-state index contributed by atoms with van der Waals surface area (Å²) < 4.78 is 29.3. The van der Waals surface area contributed by atoms with Gasteiger partial charge in [-0.05, 0) is 24.3 Å². The number of hydrogen-bond acceptors (Lipinski definition) is 5. The second kappa shape index (κ2) is 6.86. The van der Waals surface area contributed by atoms with E-state index < -0.39 is 16.1 Å². The number of carbonyl (C=O) groups is 2. The lowest BCUT2D eigenvalue weighted by Gasteiger charge is -2.33. The molecule has 1 aromatic carbocycles. The van der Waals surface area contributed by atoms with Crippen molar-refractivity contribution in [1.82, 2.24) is 9.80 Å². The molecular weight excluding hydrogens is 322 g/mol. The van der Waals surface area contributed by atoms with Crippen LogP contribution in [-0.4, -0.2) is 69.8 Å². The zero-order valence-corrected chi connectivity index (χ0v) is 13.8. The van der Waals surface area contributed by atoms with Crippen molar-refractivity contribution in [2.24, 2.45) is 0 Å². The third kappa shape index (κ3) is 4.59. The minimum absolute atomic E-state index is 0.152. The number of ether oxygens (including phenoxy) is 1. The molecule has 0 atom stereocenters. The van der Waals surface area contributed by atoms with E-state index in [1.807, 2.05) is 0 Å². The fourth-order valence-corrected chi connectivity index (χ4v) is 2.86. The Morgan fingerprint density at radius 2 is 1.57 bits per heavy atom. The monoisotopic (exact) mass is 341 g/mol. The first kappa shape index (κ1) is 17.1. The van der Waals surface area contributed by atoms with Crippen LogP contribution in [-0.2, 0) is 14.8 Å². The number of hydrogen-bond donors (Lipinski definition) is 1. The van der Waals surface area contributed by atoms with Gasteiger partial charge < -0.3 is 14.5 Å². The molecular formula is C14H19N3O5S. The Labute approximate surface area is 135 Å². The first-order valence-corrected chi connectivity index (χ1v) is 8.89. The Balaban J connectivity index is 1.97. The molecule has 0 spiro atoms. The molecule has 1 aromatic rings. The summed E-state index contributed by atoms with van der Waals surface area (Å²) in [7, 11) is -2.02. The maximum Gasteiger partial charge on any atom is 0.409 e. The van der Waals surface area contributed by atoms with E-state index in [0.29, 0.717) is 37.4 Å². The third-order valence-corrected chi connectivity index (χ3v) is 4.04. The summed E-state index contributed by atoms with van der Waals surface area (Å²) in [6.07, 6.45) is 0.667. The van der Waals surface area contributed by atoms with E-state index >= 15 is 0 Å². The molecule has 1 N–H and O–H groups in total. The molecule has 1 fully saturated rings. The number of nitrogens with zero attached hydrogens (tertiary/aromatic N) is 2. The largest absolute Gasteiger partial charge is 0.453 e. The average molecular weight is 341 g/mol. The fourth-order valence-electron chi connectivity index (χ4n) is 2.30. The molecule has 1 aliphatic rings. The number of anilines is 1. The van der Waals surface area contributed by atoms with Crippen LogP contribution in [0.25, 0.3) is 0 Å². The smallest absolute Gasteiger partial charge is 0.409 e. The van der Waals surface area contributed by atoms with E-state index in [1.165, 1.54) is 7.11 Å². The van der Waals surface area contributed by atoms with Gasteiger partial charge in [0.25, 0.3) is 5.91 Å². The topological polar surface area (TPSA) is 96.0 Å². The van der Waals surface area contributed by atoms with Crippen molar-refractivity contribution in [2.45, 2.75) is 0 Å². The van der Waals surface area contributed by atoms with Gasteiger partial charge in [-0.3, -0.25) is 9.52 Å². The summed E-state index contributed by atoms with van der Waals surface area (Å²) in [5.41, 5.74) is 0.870. The molecule has 0 radical (unpaired) electrons. The van der Waals surface area contributed by atoms with E-state index in [4.69, 9.17) is 0 Å². The summed E-state index contributed by atoms with van der Waals surface area (Å²) in [6.45, 7) is 1.70. The van der Waals surface area contributed by atoms with Crippen LogP contribution in [0, 0.1) is 0 Å². The van der Waals surface area contributed by atoms with Gasteiger partial charge in [-0.1, -0.05) is 0 Å².